The molecule has 2 N–H and O–H groups in total. The summed E-state index contributed by atoms with van der Waals surface area (Å²) in [5.74, 6) is 0.698. The highest BCUT2D eigenvalue weighted by Gasteiger charge is 2.33. The molecule has 0 aromatic heterocycles. The standard InChI is InChI=1S/C15H32N2O/c1-12-9-14(2,3)8-7-13(12)16-10-15(4,18)11-17(5)6/h12-13,16,18H,7-11H2,1-6H3. The molecule has 0 spiro atoms. The van der Waals surface area contributed by atoms with Crippen LogP contribution in [0.5, 0.6) is 0 Å². The summed E-state index contributed by atoms with van der Waals surface area (Å²) in [6.45, 7) is 10.4. The van der Waals surface area contributed by atoms with E-state index < -0.39 is 5.60 Å². The van der Waals surface area contributed by atoms with Gasteiger partial charge < -0.3 is 15.3 Å². The summed E-state index contributed by atoms with van der Waals surface area (Å²) in [6, 6.07) is 0.562. The van der Waals surface area contributed by atoms with Gasteiger partial charge in [0.05, 0.1) is 5.60 Å². The van der Waals surface area contributed by atoms with Crippen LogP contribution in [0.1, 0.15) is 47.0 Å². The molecule has 3 unspecified atom stereocenters. The zero-order valence-electron chi connectivity index (χ0n) is 13.1. The molecule has 1 aliphatic rings. The van der Waals surface area contributed by atoms with Crippen LogP contribution in [0, 0.1) is 11.3 Å². The normalized spacial score (nSPS) is 31.3. The Bertz CT molecular complexity index is 261. The molecule has 1 aliphatic carbocycles. The van der Waals surface area contributed by atoms with Gasteiger partial charge in [0, 0.05) is 19.1 Å². The third-order valence-electron chi connectivity index (χ3n) is 4.10. The molecule has 0 amide bonds. The SMILES string of the molecule is CC1CC(C)(C)CCC1NCC(C)(O)CN(C)C. The Morgan fingerprint density at radius 2 is 2.00 bits per heavy atom. The molecule has 0 aliphatic heterocycles. The lowest BCUT2D eigenvalue weighted by Gasteiger charge is -2.41. The molecule has 0 radical (unpaired) electrons. The molecule has 3 heteroatoms. The second-order valence-electron chi connectivity index (χ2n) is 7.61. The maximum Gasteiger partial charge on any atom is 0.0869 e. The van der Waals surface area contributed by atoms with Crippen molar-refractivity contribution in [2.45, 2.75) is 58.6 Å². The third-order valence-corrected chi connectivity index (χ3v) is 4.10. The van der Waals surface area contributed by atoms with Crippen molar-refractivity contribution in [1.82, 2.24) is 10.2 Å². The molecular formula is C15H32N2O. The van der Waals surface area contributed by atoms with Gasteiger partial charge in [0.2, 0.25) is 0 Å². The molecule has 0 aromatic carbocycles. The molecule has 108 valence electrons. The summed E-state index contributed by atoms with van der Waals surface area (Å²) >= 11 is 0. The minimum Gasteiger partial charge on any atom is -0.388 e. The lowest BCUT2D eigenvalue weighted by atomic mass is 9.70. The van der Waals surface area contributed by atoms with Gasteiger partial charge in [0.1, 0.15) is 0 Å². The monoisotopic (exact) mass is 256 g/mol. The summed E-state index contributed by atoms with van der Waals surface area (Å²) in [5, 5.41) is 13.9. The fourth-order valence-corrected chi connectivity index (χ4v) is 3.34. The van der Waals surface area contributed by atoms with E-state index in [-0.39, 0.29) is 0 Å². The van der Waals surface area contributed by atoms with E-state index in [1.54, 1.807) is 0 Å². The predicted molar refractivity (Wildman–Crippen MR) is 77.8 cm³/mol. The summed E-state index contributed by atoms with van der Waals surface area (Å²) in [5.41, 5.74) is -0.153. The number of nitrogens with zero attached hydrogens (tertiary/aromatic N) is 1. The van der Waals surface area contributed by atoms with E-state index in [1.807, 2.05) is 25.9 Å². The van der Waals surface area contributed by atoms with Gasteiger partial charge in [0.25, 0.3) is 0 Å². The molecule has 3 atom stereocenters. The van der Waals surface area contributed by atoms with Crippen molar-refractivity contribution in [3.8, 4) is 0 Å². The second-order valence-corrected chi connectivity index (χ2v) is 7.61. The Morgan fingerprint density at radius 3 is 2.50 bits per heavy atom. The van der Waals surface area contributed by atoms with Crippen molar-refractivity contribution < 1.29 is 5.11 Å². The zero-order valence-corrected chi connectivity index (χ0v) is 13.1. The Hall–Kier alpha value is -0.120. The zero-order chi connectivity index (χ0) is 14.0. The number of likely N-dealkylation sites (N-methyl/N-ethyl adjacent to an activating group) is 1. The first-order valence-electron chi connectivity index (χ1n) is 7.22. The highest BCUT2D eigenvalue weighted by atomic mass is 16.3. The molecule has 0 saturated heterocycles. The van der Waals surface area contributed by atoms with Crippen LogP contribution in [0.15, 0.2) is 0 Å². The smallest absolute Gasteiger partial charge is 0.0869 e. The van der Waals surface area contributed by atoms with E-state index in [4.69, 9.17) is 0 Å². The predicted octanol–water partition coefficient (Wildman–Crippen LogP) is 2.10. The first-order valence-corrected chi connectivity index (χ1v) is 7.22. The van der Waals surface area contributed by atoms with Gasteiger partial charge in [0.15, 0.2) is 0 Å². The van der Waals surface area contributed by atoms with Crippen molar-refractivity contribution in [1.29, 1.82) is 0 Å². The van der Waals surface area contributed by atoms with Crippen LogP contribution in [0.25, 0.3) is 0 Å². The average Bonchev–Trinajstić information content (AvgIpc) is 2.12. The van der Waals surface area contributed by atoms with Gasteiger partial charge in [-0.25, -0.2) is 0 Å². The number of aliphatic hydroxyl groups is 1. The number of rotatable bonds is 5. The lowest BCUT2D eigenvalue weighted by molar-refractivity contribution is 0.0250. The summed E-state index contributed by atoms with van der Waals surface area (Å²) in [7, 11) is 4.00. The lowest BCUT2D eigenvalue weighted by Crippen LogP contribution is -2.51. The van der Waals surface area contributed by atoms with Crippen molar-refractivity contribution in [3.05, 3.63) is 0 Å². The third kappa shape index (κ3) is 5.25. The van der Waals surface area contributed by atoms with Crippen molar-refractivity contribution in [2.75, 3.05) is 27.2 Å². The first-order chi connectivity index (χ1) is 8.11. The highest BCUT2D eigenvalue weighted by Crippen LogP contribution is 2.38. The van der Waals surface area contributed by atoms with Crippen LogP contribution in [-0.4, -0.2) is 48.8 Å². The van der Waals surface area contributed by atoms with Crippen LogP contribution >= 0.6 is 0 Å². The molecule has 18 heavy (non-hydrogen) atoms. The first kappa shape index (κ1) is 15.9. The van der Waals surface area contributed by atoms with Crippen LogP contribution in [-0.2, 0) is 0 Å². The van der Waals surface area contributed by atoms with Crippen molar-refractivity contribution >= 4 is 0 Å². The largest absolute Gasteiger partial charge is 0.388 e. The van der Waals surface area contributed by atoms with Gasteiger partial charge in [-0.05, 0) is 51.6 Å². The van der Waals surface area contributed by atoms with Gasteiger partial charge in [-0.2, -0.15) is 0 Å². The minimum absolute atomic E-state index is 0.490. The van der Waals surface area contributed by atoms with Gasteiger partial charge in [-0.15, -0.1) is 0 Å². The topological polar surface area (TPSA) is 35.5 Å². The van der Waals surface area contributed by atoms with Crippen molar-refractivity contribution in [3.63, 3.8) is 0 Å². The van der Waals surface area contributed by atoms with Gasteiger partial charge >= 0.3 is 0 Å². The molecule has 0 heterocycles. The quantitative estimate of drug-likeness (QED) is 0.791. The van der Waals surface area contributed by atoms with Crippen LogP contribution < -0.4 is 5.32 Å². The molecule has 0 bridgehead atoms. The summed E-state index contributed by atoms with van der Waals surface area (Å²) in [4.78, 5) is 2.04. The Balaban J connectivity index is 2.40. The minimum atomic E-state index is -0.643. The van der Waals surface area contributed by atoms with Crippen LogP contribution in [0.3, 0.4) is 0 Å². The maximum atomic E-state index is 10.3. The molecule has 1 fully saturated rings. The van der Waals surface area contributed by atoms with E-state index in [0.717, 1.165) is 0 Å². The average molecular weight is 256 g/mol. The summed E-state index contributed by atoms with van der Waals surface area (Å²) < 4.78 is 0. The molecule has 1 rings (SSSR count). The van der Waals surface area contributed by atoms with E-state index in [9.17, 15) is 5.11 Å². The molecular weight excluding hydrogens is 224 g/mol. The van der Waals surface area contributed by atoms with Crippen molar-refractivity contribution in [2.24, 2.45) is 11.3 Å². The number of hydrogen-bond acceptors (Lipinski definition) is 3. The molecule has 3 nitrogen and oxygen atoms in total. The Kier molecular flexibility index (Phi) is 5.22. The fourth-order valence-electron chi connectivity index (χ4n) is 3.34. The van der Waals surface area contributed by atoms with Crippen LogP contribution in [0.2, 0.25) is 0 Å². The summed E-state index contributed by atoms with van der Waals surface area (Å²) in [6.07, 6.45) is 3.79. The second kappa shape index (κ2) is 5.89. The van der Waals surface area contributed by atoms with E-state index in [2.05, 4.69) is 26.1 Å². The van der Waals surface area contributed by atoms with Gasteiger partial charge in [-0.3, -0.25) is 0 Å². The highest BCUT2D eigenvalue weighted by molar-refractivity contribution is 4.89. The number of nitrogens with one attached hydrogen (secondary N) is 1. The van der Waals surface area contributed by atoms with Crippen LogP contribution in [0.4, 0.5) is 0 Å². The maximum absolute atomic E-state index is 10.3. The molecule has 0 aromatic rings. The fraction of sp³-hybridized carbons (Fsp3) is 1.00. The number of hydrogen-bond donors (Lipinski definition) is 2. The van der Waals surface area contributed by atoms with E-state index in [0.29, 0.717) is 30.5 Å². The van der Waals surface area contributed by atoms with Gasteiger partial charge in [-0.1, -0.05) is 20.8 Å². The Labute approximate surface area is 113 Å². The van der Waals surface area contributed by atoms with E-state index >= 15 is 0 Å². The van der Waals surface area contributed by atoms with E-state index in [1.165, 1.54) is 19.3 Å². The Morgan fingerprint density at radius 1 is 1.39 bits per heavy atom. The molecule has 1 saturated carbocycles.